The van der Waals surface area contributed by atoms with Crippen LogP contribution in [0.25, 0.3) is 0 Å². The van der Waals surface area contributed by atoms with E-state index in [1.54, 1.807) is 12.1 Å². The quantitative estimate of drug-likeness (QED) is 0.772. The highest BCUT2D eigenvalue weighted by Crippen LogP contribution is 2.19. The van der Waals surface area contributed by atoms with E-state index in [1.807, 2.05) is 12.1 Å². The fourth-order valence-corrected chi connectivity index (χ4v) is 2.77. The second-order valence-electron chi connectivity index (χ2n) is 4.89. The molecule has 0 bridgehead atoms. The van der Waals surface area contributed by atoms with Gasteiger partial charge in [0.15, 0.2) is 5.78 Å². The number of ketones is 1. The zero-order valence-corrected chi connectivity index (χ0v) is 11.6. The Morgan fingerprint density at radius 2 is 1.83 bits per heavy atom. The van der Waals surface area contributed by atoms with Crippen LogP contribution in [0.15, 0.2) is 24.3 Å². The topological polar surface area (TPSA) is 20.3 Å². The molecule has 1 saturated heterocycles. The summed E-state index contributed by atoms with van der Waals surface area (Å²) in [5.41, 5.74) is 0.775. The van der Waals surface area contributed by atoms with Gasteiger partial charge in [0.2, 0.25) is 0 Å². The van der Waals surface area contributed by atoms with Crippen LogP contribution in [0.2, 0.25) is 5.02 Å². The van der Waals surface area contributed by atoms with Crippen molar-refractivity contribution >= 4 is 17.4 Å². The van der Waals surface area contributed by atoms with E-state index >= 15 is 0 Å². The first-order valence-corrected chi connectivity index (χ1v) is 7.14. The molecule has 1 heterocycles. The molecule has 3 heteroatoms. The van der Waals surface area contributed by atoms with Crippen molar-refractivity contribution in [3.63, 3.8) is 0 Å². The van der Waals surface area contributed by atoms with Gasteiger partial charge in [0.05, 0.1) is 6.04 Å². The molecule has 0 saturated carbocycles. The molecule has 2 rings (SSSR count). The summed E-state index contributed by atoms with van der Waals surface area (Å²) in [6, 6.07) is 7.27. The van der Waals surface area contributed by atoms with Crippen molar-refractivity contribution in [3.8, 4) is 0 Å². The van der Waals surface area contributed by atoms with Gasteiger partial charge in [-0.25, -0.2) is 0 Å². The second kappa shape index (κ2) is 6.35. The molecule has 1 aliphatic rings. The third-order valence-corrected chi connectivity index (χ3v) is 3.90. The molecule has 1 aromatic carbocycles. The van der Waals surface area contributed by atoms with E-state index < -0.39 is 0 Å². The van der Waals surface area contributed by atoms with E-state index in [1.165, 1.54) is 19.3 Å². The number of benzene rings is 1. The first-order valence-electron chi connectivity index (χ1n) is 6.76. The second-order valence-corrected chi connectivity index (χ2v) is 5.33. The predicted molar refractivity (Wildman–Crippen MR) is 75.3 cm³/mol. The van der Waals surface area contributed by atoms with Gasteiger partial charge in [-0.2, -0.15) is 0 Å². The molecule has 0 N–H and O–H groups in total. The molecule has 1 aromatic rings. The van der Waals surface area contributed by atoms with Crippen LogP contribution in [0.3, 0.4) is 0 Å². The SMILES string of the molecule is CCC(C(=O)c1ccc(Cl)cc1)N1CCCCC1. The highest BCUT2D eigenvalue weighted by atomic mass is 35.5. The molecule has 2 nitrogen and oxygen atoms in total. The lowest BCUT2D eigenvalue weighted by molar-refractivity contribution is 0.0777. The lowest BCUT2D eigenvalue weighted by Crippen LogP contribution is -2.43. The Morgan fingerprint density at radius 3 is 2.39 bits per heavy atom. The molecular formula is C15H20ClNO. The van der Waals surface area contributed by atoms with Crippen LogP contribution in [0.5, 0.6) is 0 Å². The van der Waals surface area contributed by atoms with Gasteiger partial charge in [0.1, 0.15) is 0 Å². The largest absolute Gasteiger partial charge is 0.293 e. The van der Waals surface area contributed by atoms with Gasteiger partial charge in [-0.15, -0.1) is 0 Å². The monoisotopic (exact) mass is 265 g/mol. The first-order chi connectivity index (χ1) is 8.72. The van der Waals surface area contributed by atoms with Gasteiger partial charge in [-0.1, -0.05) is 24.9 Å². The van der Waals surface area contributed by atoms with Gasteiger partial charge in [-0.05, 0) is 56.6 Å². The Morgan fingerprint density at radius 1 is 1.22 bits per heavy atom. The zero-order chi connectivity index (χ0) is 13.0. The van der Waals surface area contributed by atoms with Crippen LogP contribution in [-0.4, -0.2) is 29.8 Å². The summed E-state index contributed by atoms with van der Waals surface area (Å²) in [7, 11) is 0. The molecule has 18 heavy (non-hydrogen) atoms. The number of hydrogen-bond acceptors (Lipinski definition) is 2. The van der Waals surface area contributed by atoms with Crippen molar-refractivity contribution in [2.75, 3.05) is 13.1 Å². The first kappa shape index (κ1) is 13.6. The van der Waals surface area contributed by atoms with E-state index in [9.17, 15) is 4.79 Å². The van der Waals surface area contributed by atoms with E-state index in [2.05, 4.69) is 11.8 Å². The van der Waals surface area contributed by atoms with Crippen LogP contribution in [0.4, 0.5) is 0 Å². The number of rotatable bonds is 4. The fourth-order valence-electron chi connectivity index (χ4n) is 2.65. The summed E-state index contributed by atoms with van der Waals surface area (Å²) in [6.45, 7) is 4.20. The van der Waals surface area contributed by atoms with E-state index in [0.29, 0.717) is 5.02 Å². The third kappa shape index (κ3) is 3.12. The summed E-state index contributed by atoms with van der Waals surface area (Å²) in [5.74, 6) is 0.232. The maximum atomic E-state index is 12.5. The summed E-state index contributed by atoms with van der Waals surface area (Å²) in [4.78, 5) is 14.8. The lowest BCUT2D eigenvalue weighted by Gasteiger charge is -2.33. The number of halogens is 1. The summed E-state index contributed by atoms with van der Waals surface area (Å²) in [6.07, 6.45) is 4.60. The number of Topliss-reactive ketones (excluding diaryl/α,β-unsaturated/α-hetero) is 1. The van der Waals surface area contributed by atoms with Gasteiger partial charge in [0.25, 0.3) is 0 Å². The van der Waals surface area contributed by atoms with Crippen LogP contribution in [0, 0.1) is 0 Å². The molecule has 1 unspecified atom stereocenters. The summed E-state index contributed by atoms with van der Waals surface area (Å²) >= 11 is 5.86. The van der Waals surface area contributed by atoms with Crippen LogP contribution < -0.4 is 0 Å². The Hall–Kier alpha value is -0.860. The van der Waals surface area contributed by atoms with Crippen molar-refractivity contribution < 1.29 is 4.79 Å². The molecule has 0 radical (unpaired) electrons. The Balaban J connectivity index is 2.11. The molecule has 1 fully saturated rings. The average molecular weight is 266 g/mol. The van der Waals surface area contributed by atoms with Crippen molar-refractivity contribution in [1.29, 1.82) is 0 Å². The molecule has 0 spiro atoms. The number of piperidine rings is 1. The highest BCUT2D eigenvalue weighted by molar-refractivity contribution is 6.30. The average Bonchev–Trinajstić information content (AvgIpc) is 2.41. The van der Waals surface area contributed by atoms with Crippen molar-refractivity contribution in [2.24, 2.45) is 0 Å². The van der Waals surface area contributed by atoms with E-state index in [0.717, 1.165) is 25.1 Å². The van der Waals surface area contributed by atoms with Gasteiger partial charge < -0.3 is 0 Å². The molecule has 1 atom stereocenters. The number of carbonyl (C=O) groups is 1. The lowest BCUT2D eigenvalue weighted by atomic mass is 9.98. The summed E-state index contributed by atoms with van der Waals surface area (Å²) in [5, 5.41) is 0.678. The highest BCUT2D eigenvalue weighted by Gasteiger charge is 2.26. The van der Waals surface area contributed by atoms with Crippen molar-refractivity contribution in [2.45, 2.75) is 38.6 Å². The van der Waals surface area contributed by atoms with Crippen LogP contribution >= 0.6 is 11.6 Å². The smallest absolute Gasteiger partial charge is 0.179 e. The molecule has 0 aromatic heterocycles. The summed E-state index contributed by atoms with van der Waals surface area (Å²) < 4.78 is 0. The van der Waals surface area contributed by atoms with Gasteiger partial charge >= 0.3 is 0 Å². The third-order valence-electron chi connectivity index (χ3n) is 3.65. The number of hydrogen-bond donors (Lipinski definition) is 0. The normalized spacial score (nSPS) is 18.6. The maximum absolute atomic E-state index is 12.5. The fraction of sp³-hybridized carbons (Fsp3) is 0.533. The zero-order valence-electron chi connectivity index (χ0n) is 10.9. The van der Waals surface area contributed by atoms with E-state index in [4.69, 9.17) is 11.6 Å². The number of nitrogens with zero attached hydrogens (tertiary/aromatic N) is 1. The molecule has 0 aliphatic carbocycles. The standard InChI is InChI=1S/C15H20ClNO/c1-2-14(17-10-4-3-5-11-17)15(18)12-6-8-13(16)9-7-12/h6-9,14H,2-5,10-11H2,1H3. The molecule has 98 valence electrons. The van der Waals surface area contributed by atoms with Crippen molar-refractivity contribution in [1.82, 2.24) is 4.90 Å². The van der Waals surface area contributed by atoms with E-state index in [-0.39, 0.29) is 11.8 Å². The Bertz CT molecular complexity index is 395. The van der Waals surface area contributed by atoms with Crippen LogP contribution in [-0.2, 0) is 0 Å². The predicted octanol–water partition coefficient (Wildman–Crippen LogP) is 3.79. The Labute approximate surface area is 114 Å². The molecular weight excluding hydrogens is 246 g/mol. The molecule has 1 aliphatic heterocycles. The minimum Gasteiger partial charge on any atom is -0.293 e. The Kier molecular flexibility index (Phi) is 4.79. The maximum Gasteiger partial charge on any atom is 0.179 e. The van der Waals surface area contributed by atoms with Crippen molar-refractivity contribution in [3.05, 3.63) is 34.9 Å². The number of carbonyl (C=O) groups excluding carboxylic acids is 1. The minimum absolute atomic E-state index is 0.0338. The number of likely N-dealkylation sites (tertiary alicyclic amines) is 1. The minimum atomic E-state index is 0.0338. The van der Waals surface area contributed by atoms with Crippen LogP contribution in [0.1, 0.15) is 43.0 Å². The van der Waals surface area contributed by atoms with Gasteiger partial charge in [-0.3, -0.25) is 9.69 Å². The van der Waals surface area contributed by atoms with Gasteiger partial charge in [0, 0.05) is 10.6 Å². The molecule has 0 amide bonds.